The SMILES string of the molecule is CCC1=C(C2CC2)SC(c2ccc3c(c2)C2(N=C(N)C(C)C(CC)C2=O)C2(CCC(OC)CC2)C3)=CC1. The zero-order chi connectivity index (χ0) is 25.9. The number of rotatable bonds is 5. The molecule has 0 amide bonds. The zero-order valence-electron chi connectivity index (χ0n) is 22.9. The van der Waals surface area contributed by atoms with Gasteiger partial charge in [-0.3, -0.25) is 9.79 Å². The normalized spacial score (nSPS) is 35.7. The molecule has 5 aliphatic rings. The number of benzene rings is 1. The monoisotopic (exact) mass is 518 g/mol. The van der Waals surface area contributed by atoms with Crippen molar-refractivity contribution in [1.82, 2.24) is 0 Å². The van der Waals surface area contributed by atoms with Gasteiger partial charge in [0.05, 0.1) is 11.9 Å². The summed E-state index contributed by atoms with van der Waals surface area (Å²) in [4.78, 5) is 22.9. The Kier molecular flexibility index (Phi) is 6.47. The Morgan fingerprint density at radius 2 is 1.92 bits per heavy atom. The molecule has 0 radical (unpaired) electrons. The van der Waals surface area contributed by atoms with Crippen LogP contribution in [0.5, 0.6) is 0 Å². The smallest absolute Gasteiger partial charge is 0.169 e. The van der Waals surface area contributed by atoms with E-state index in [1.165, 1.54) is 28.9 Å². The van der Waals surface area contributed by atoms with Crippen molar-refractivity contribution in [2.24, 2.45) is 33.9 Å². The number of hydrogen-bond acceptors (Lipinski definition) is 5. The number of Topliss-reactive ketones (excluding diaryl/α,β-unsaturated/α-hetero) is 1. The molecule has 6 rings (SSSR count). The lowest BCUT2D eigenvalue weighted by Crippen LogP contribution is -2.57. The number of carbonyl (C=O) groups is 1. The Hall–Kier alpha value is -1.85. The number of ketones is 1. The minimum atomic E-state index is -0.863. The van der Waals surface area contributed by atoms with Gasteiger partial charge in [0.25, 0.3) is 0 Å². The fourth-order valence-electron chi connectivity index (χ4n) is 7.84. The van der Waals surface area contributed by atoms with Gasteiger partial charge in [0.15, 0.2) is 11.3 Å². The first-order valence-electron chi connectivity index (χ1n) is 14.5. The molecule has 4 nitrogen and oxygen atoms in total. The number of carbonyl (C=O) groups excluding carboxylic acids is 1. The van der Waals surface area contributed by atoms with Gasteiger partial charge in [-0.1, -0.05) is 56.3 Å². The average molecular weight is 519 g/mol. The number of aliphatic imine (C=N–C) groups is 1. The average Bonchev–Trinajstić information content (AvgIpc) is 3.73. The first kappa shape index (κ1) is 25.4. The van der Waals surface area contributed by atoms with Crippen molar-refractivity contribution in [3.63, 3.8) is 0 Å². The van der Waals surface area contributed by atoms with Crippen LogP contribution >= 0.6 is 11.8 Å². The maximum atomic E-state index is 14.6. The molecule has 3 atom stereocenters. The van der Waals surface area contributed by atoms with E-state index in [4.69, 9.17) is 15.5 Å². The molecule has 2 heterocycles. The van der Waals surface area contributed by atoms with Gasteiger partial charge in [-0.25, -0.2) is 0 Å². The standard InChI is InChI=1S/C32H42N2O2S/c1-5-20-11-12-27(37-28(20)21-7-8-21)22-9-10-23-18-31(15-13-24(36-4)14-16-31)32(26(23)17-22)29(35)25(6-2)19(3)30(33)34-32/h9-10,12,17,19,21,24-25H,5-8,11,13-16,18H2,1-4H3,(H2,33,34). The maximum absolute atomic E-state index is 14.6. The molecule has 3 unspecified atom stereocenters. The summed E-state index contributed by atoms with van der Waals surface area (Å²) in [6.45, 7) is 6.50. The van der Waals surface area contributed by atoms with Crippen molar-refractivity contribution in [2.45, 2.75) is 96.6 Å². The molecule has 0 saturated heterocycles. The van der Waals surface area contributed by atoms with E-state index in [1.54, 1.807) is 10.5 Å². The van der Waals surface area contributed by atoms with Crippen molar-refractivity contribution in [3.05, 3.63) is 51.4 Å². The second kappa shape index (κ2) is 9.41. The third-order valence-corrected chi connectivity index (χ3v) is 11.7. The topological polar surface area (TPSA) is 64.7 Å². The molecule has 2 saturated carbocycles. The summed E-state index contributed by atoms with van der Waals surface area (Å²) in [6.07, 6.45) is 13.1. The quantitative estimate of drug-likeness (QED) is 0.449. The van der Waals surface area contributed by atoms with Gasteiger partial charge in [0, 0.05) is 29.3 Å². The van der Waals surface area contributed by atoms with Crippen LogP contribution in [0, 0.1) is 23.2 Å². The number of nitrogens with two attached hydrogens (primary N) is 1. The molecule has 0 aromatic heterocycles. The third-order valence-electron chi connectivity index (χ3n) is 10.3. The first-order valence-corrected chi connectivity index (χ1v) is 15.3. The molecule has 1 aromatic rings. The maximum Gasteiger partial charge on any atom is 0.169 e. The van der Waals surface area contributed by atoms with E-state index in [9.17, 15) is 4.79 Å². The Morgan fingerprint density at radius 1 is 1.16 bits per heavy atom. The van der Waals surface area contributed by atoms with Crippen molar-refractivity contribution < 1.29 is 9.53 Å². The summed E-state index contributed by atoms with van der Waals surface area (Å²) in [5, 5.41) is 0. The van der Waals surface area contributed by atoms with Crippen molar-refractivity contribution in [1.29, 1.82) is 0 Å². The van der Waals surface area contributed by atoms with Crippen LogP contribution in [-0.2, 0) is 21.5 Å². The predicted molar refractivity (Wildman–Crippen MR) is 153 cm³/mol. The van der Waals surface area contributed by atoms with E-state index in [0.717, 1.165) is 62.8 Å². The lowest BCUT2D eigenvalue weighted by Gasteiger charge is -2.50. The van der Waals surface area contributed by atoms with Gasteiger partial charge < -0.3 is 10.5 Å². The number of nitrogens with zero attached hydrogens (tertiary/aromatic N) is 1. The van der Waals surface area contributed by atoms with Crippen LogP contribution in [0.15, 0.2) is 39.7 Å². The number of ether oxygens (including phenoxy) is 1. The van der Waals surface area contributed by atoms with Gasteiger partial charge in [-0.2, -0.15) is 0 Å². The Morgan fingerprint density at radius 3 is 2.57 bits per heavy atom. The van der Waals surface area contributed by atoms with Crippen LogP contribution in [0.25, 0.3) is 4.91 Å². The summed E-state index contributed by atoms with van der Waals surface area (Å²) in [5.41, 5.74) is 10.9. The molecule has 37 heavy (non-hydrogen) atoms. The Bertz CT molecular complexity index is 1200. The largest absolute Gasteiger partial charge is 0.387 e. The van der Waals surface area contributed by atoms with Crippen LogP contribution < -0.4 is 5.73 Å². The number of amidine groups is 1. The molecule has 2 aliphatic heterocycles. The number of fused-ring (bicyclic) bond motifs is 3. The van der Waals surface area contributed by atoms with Gasteiger partial charge in [0.1, 0.15) is 0 Å². The number of methoxy groups -OCH3 is 1. The van der Waals surface area contributed by atoms with E-state index < -0.39 is 5.54 Å². The fraction of sp³-hybridized carbons (Fsp3) is 0.625. The minimum Gasteiger partial charge on any atom is -0.387 e. The van der Waals surface area contributed by atoms with Gasteiger partial charge in [-0.05, 0) is 97.8 Å². The van der Waals surface area contributed by atoms with E-state index >= 15 is 0 Å². The van der Waals surface area contributed by atoms with E-state index in [-0.39, 0.29) is 23.4 Å². The Labute approximate surface area is 226 Å². The number of thioether (sulfide) groups is 1. The first-order chi connectivity index (χ1) is 17.9. The lowest BCUT2D eigenvalue weighted by atomic mass is 9.56. The molecule has 1 aromatic carbocycles. The highest BCUT2D eigenvalue weighted by atomic mass is 32.2. The Balaban J connectivity index is 1.46. The molecule has 5 heteroatoms. The molecule has 2 fully saturated rings. The highest BCUT2D eigenvalue weighted by molar-refractivity contribution is 8.11. The van der Waals surface area contributed by atoms with E-state index in [2.05, 4.69) is 45.0 Å². The van der Waals surface area contributed by atoms with Crippen LogP contribution in [0.3, 0.4) is 0 Å². The molecular weight excluding hydrogens is 476 g/mol. The van der Waals surface area contributed by atoms with Crippen LogP contribution in [-0.4, -0.2) is 24.8 Å². The van der Waals surface area contributed by atoms with Gasteiger partial charge in [-0.15, -0.1) is 0 Å². The van der Waals surface area contributed by atoms with E-state index in [0.29, 0.717) is 11.6 Å². The van der Waals surface area contributed by atoms with Crippen molar-refractivity contribution in [3.8, 4) is 0 Å². The summed E-state index contributed by atoms with van der Waals surface area (Å²) < 4.78 is 5.74. The van der Waals surface area contributed by atoms with Crippen LogP contribution in [0.1, 0.15) is 95.2 Å². The summed E-state index contributed by atoms with van der Waals surface area (Å²) in [7, 11) is 1.81. The van der Waals surface area contributed by atoms with Crippen LogP contribution in [0.4, 0.5) is 0 Å². The highest BCUT2D eigenvalue weighted by Crippen LogP contribution is 2.63. The zero-order valence-corrected chi connectivity index (χ0v) is 23.8. The lowest BCUT2D eigenvalue weighted by molar-refractivity contribution is -0.137. The van der Waals surface area contributed by atoms with Crippen molar-refractivity contribution in [2.75, 3.05) is 7.11 Å². The van der Waals surface area contributed by atoms with E-state index in [1.807, 2.05) is 18.9 Å². The summed E-state index contributed by atoms with van der Waals surface area (Å²) >= 11 is 1.98. The molecular formula is C32H42N2O2S. The van der Waals surface area contributed by atoms with Gasteiger partial charge in [0.2, 0.25) is 0 Å². The molecule has 2 spiro atoms. The number of allylic oxidation sites excluding steroid dienone is 3. The highest BCUT2D eigenvalue weighted by Gasteiger charge is 2.65. The molecule has 198 valence electrons. The third kappa shape index (κ3) is 3.82. The molecule has 3 aliphatic carbocycles. The van der Waals surface area contributed by atoms with Crippen LogP contribution in [0.2, 0.25) is 0 Å². The second-order valence-corrected chi connectivity index (χ2v) is 13.2. The van der Waals surface area contributed by atoms with Crippen molar-refractivity contribution >= 4 is 28.3 Å². The molecule has 0 bridgehead atoms. The number of hydrogen-bond donors (Lipinski definition) is 1. The summed E-state index contributed by atoms with van der Waals surface area (Å²) in [6, 6.07) is 6.94. The molecule has 2 N–H and O–H groups in total. The van der Waals surface area contributed by atoms with Gasteiger partial charge >= 0.3 is 0 Å². The fourth-order valence-corrected chi connectivity index (χ4v) is 9.27. The second-order valence-electron chi connectivity index (χ2n) is 12.1. The minimum absolute atomic E-state index is 0.00182. The predicted octanol–water partition coefficient (Wildman–Crippen LogP) is 7.17. The summed E-state index contributed by atoms with van der Waals surface area (Å²) in [5.74, 6) is 1.65.